The van der Waals surface area contributed by atoms with Gasteiger partial charge in [0, 0.05) is 27.8 Å². The Morgan fingerprint density at radius 2 is 2.00 bits per heavy atom. The van der Waals surface area contributed by atoms with Crippen molar-refractivity contribution in [2.45, 2.75) is 16.7 Å². The third kappa shape index (κ3) is 6.48. The Morgan fingerprint density at radius 1 is 1.19 bits per heavy atom. The summed E-state index contributed by atoms with van der Waals surface area (Å²) in [5.74, 6) is 1.15. The van der Waals surface area contributed by atoms with E-state index in [0.29, 0.717) is 5.75 Å². The van der Waals surface area contributed by atoms with Crippen LogP contribution >= 0.6 is 23.5 Å². The number of fused-ring (bicyclic) bond motifs is 1. The number of ether oxygens (including phenoxy) is 1. The van der Waals surface area contributed by atoms with Crippen LogP contribution in [0.4, 0.5) is 5.69 Å². The number of nitrogens with zero attached hydrogens (tertiary/aromatic N) is 2. The zero-order chi connectivity index (χ0) is 23.1. The molecule has 1 heterocycles. The van der Waals surface area contributed by atoms with Gasteiger partial charge in [0.25, 0.3) is 0 Å². The molecule has 0 saturated carbocycles. The van der Waals surface area contributed by atoms with Gasteiger partial charge in [0.15, 0.2) is 0 Å². The number of hydrogen-bond acceptors (Lipinski definition) is 6. The van der Waals surface area contributed by atoms with Gasteiger partial charge in [-0.05, 0) is 69.1 Å². The second-order valence-corrected chi connectivity index (χ2v) is 9.89. The van der Waals surface area contributed by atoms with Crippen molar-refractivity contribution in [1.82, 2.24) is 4.90 Å². The molecule has 6 heteroatoms. The first-order valence-corrected chi connectivity index (χ1v) is 12.0. The summed E-state index contributed by atoms with van der Waals surface area (Å²) in [4.78, 5) is 7.66. The Balaban J connectivity index is 1.64. The molecule has 168 valence electrons. The van der Waals surface area contributed by atoms with Gasteiger partial charge in [0.2, 0.25) is 0 Å². The highest BCUT2D eigenvalue weighted by molar-refractivity contribution is 8.03. The summed E-state index contributed by atoms with van der Waals surface area (Å²) in [6.07, 6.45) is 10.2. The summed E-state index contributed by atoms with van der Waals surface area (Å²) in [6.45, 7) is 8.08. The fraction of sp³-hybridized carbons (Fsp3) is 0.231. The standard InChI is InChI=1S/C26H30N2O2S2/c1-19-11-13-22(30-5)18-24(19)31-20(2)9-7-6-8-10-26-28(16-15-27(3)4)23-14-12-21(29)17-25(23)32-26/h6-14,17-18,29H,2,15-16H2,1,3-5H3/b8-6+,9-7+,26-10-. The lowest BCUT2D eigenvalue weighted by Crippen LogP contribution is -2.28. The number of likely N-dealkylation sites (N-methyl/N-ethyl adjacent to an activating group) is 1. The summed E-state index contributed by atoms with van der Waals surface area (Å²) in [5, 5.41) is 11.0. The van der Waals surface area contributed by atoms with E-state index in [-0.39, 0.29) is 0 Å². The molecule has 0 amide bonds. The summed E-state index contributed by atoms with van der Waals surface area (Å²) < 4.78 is 5.32. The summed E-state index contributed by atoms with van der Waals surface area (Å²) >= 11 is 3.32. The van der Waals surface area contributed by atoms with Crippen molar-refractivity contribution < 1.29 is 9.84 Å². The highest BCUT2D eigenvalue weighted by Gasteiger charge is 2.24. The van der Waals surface area contributed by atoms with E-state index in [9.17, 15) is 5.11 Å². The molecule has 1 N–H and O–H groups in total. The van der Waals surface area contributed by atoms with Crippen LogP contribution in [-0.4, -0.2) is 44.3 Å². The number of hydrogen-bond donors (Lipinski definition) is 1. The first-order valence-electron chi connectivity index (χ1n) is 10.4. The lowest BCUT2D eigenvalue weighted by Gasteiger charge is -2.22. The maximum absolute atomic E-state index is 9.84. The zero-order valence-corrected chi connectivity index (χ0v) is 20.7. The number of allylic oxidation sites excluding steroid dienone is 5. The van der Waals surface area contributed by atoms with Gasteiger partial charge in [-0.1, -0.05) is 54.4 Å². The molecule has 0 bridgehead atoms. The molecule has 32 heavy (non-hydrogen) atoms. The van der Waals surface area contributed by atoms with Crippen LogP contribution in [0.5, 0.6) is 11.5 Å². The summed E-state index contributed by atoms with van der Waals surface area (Å²) in [7, 11) is 5.83. The molecule has 2 aromatic rings. The molecule has 2 aromatic carbocycles. The van der Waals surface area contributed by atoms with E-state index in [4.69, 9.17) is 4.74 Å². The van der Waals surface area contributed by atoms with Gasteiger partial charge < -0.3 is 19.6 Å². The van der Waals surface area contributed by atoms with Crippen LogP contribution in [0, 0.1) is 6.92 Å². The van der Waals surface area contributed by atoms with E-state index >= 15 is 0 Å². The molecule has 0 unspecified atom stereocenters. The average Bonchev–Trinajstić information content (AvgIpc) is 3.09. The van der Waals surface area contributed by atoms with Crippen LogP contribution in [0.3, 0.4) is 0 Å². The lowest BCUT2D eigenvalue weighted by molar-refractivity contribution is 0.413. The molecular formula is C26H30N2O2S2. The molecule has 0 spiro atoms. The predicted molar refractivity (Wildman–Crippen MR) is 139 cm³/mol. The first kappa shape index (κ1) is 24.1. The van der Waals surface area contributed by atoms with Crippen LogP contribution < -0.4 is 9.64 Å². The number of anilines is 1. The largest absolute Gasteiger partial charge is 0.508 e. The molecule has 0 aliphatic carbocycles. The van der Waals surface area contributed by atoms with E-state index in [0.717, 1.165) is 44.3 Å². The third-order valence-electron chi connectivity index (χ3n) is 4.87. The molecule has 1 aliphatic heterocycles. The average molecular weight is 467 g/mol. The maximum Gasteiger partial charge on any atom is 0.120 e. The molecule has 0 saturated heterocycles. The van der Waals surface area contributed by atoms with Gasteiger partial charge in [-0.15, -0.1) is 0 Å². The van der Waals surface area contributed by atoms with Gasteiger partial charge in [0.1, 0.15) is 11.5 Å². The number of phenolic OH excluding ortho intramolecular Hbond substituents is 1. The molecule has 4 nitrogen and oxygen atoms in total. The Hall–Kier alpha value is -2.54. The normalized spacial score (nSPS) is 14.8. The van der Waals surface area contributed by atoms with Crippen molar-refractivity contribution in [3.8, 4) is 11.5 Å². The fourth-order valence-corrected chi connectivity index (χ4v) is 5.07. The maximum atomic E-state index is 9.84. The number of benzene rings is 2. The van der Waals surface area contributed by atoms with Crippen molar-refractivity contribution in [2.24, 2.45) is 0 Å². The Kier molecular flexibility index (Phi) is 8.56. The molecule has 0 aromatic heterocycles. The van der Waals surface area contributed by atoms with E-state index in [2.05, 4.69) is 49.5 Å². The number of aromatic hydroxyl groups is 1. The van der Waals surface area contributed by atoms with Crippen molar-refractivity contribution in [1.29, 1.82) is 0 Å². The Labute approximate surface area is 200 Å². The molecule has 1 aliphatic rings. The molecular weight excluding hydrogens is 436 g/mol. The predicted octanol–water partition coefficient (Wildman–Crippen LogP) is 6.44. The summed E-state index contributed by atoms with van der Waals surface area (Å²) in [5.41, 5.74) is 2.34. The number of rotatable bonds is 9. The Bertz CT molecular complexity index is 1060. The fourth-order valence-electron chi connectivity index (χ4n) is 3.11. The van der Waals surface area contributed by atoms with Gasteiger partial charge in [-0.3, -0.25) is 0 Å². The van der Waals surface area contributed by atoms with Gasteiger partial charge in [-0.25, -0.2) is 0 Å². The van der Waals surface area contributed by atoms with Crippen molar-refractivity contribution >= 4 is 29.2 Å². The second kappa shape index (κ2) is 11.4. The van der Waals surface area contributed by atoms with Crippen LogP contribution in [0.15, 0.2) is 93.1 Å². The van der Waals surface area contributed by atoms with Crippen LogP contribution in [-0.2, 0) is 0 Å². The van der Waals surface area contributed by atoms with Gasteiger partial charge in [0.05, 0.1) is 17.8 Å². The molecule has 3 rings (SSSR count). The van der Waals surface area contributed by atoms with Crippen LogP contribution in [0.25, 0.3) is 0 Å². The van der Waals surface area contributed by atoms with Crippen molar-refractivity contribution in [2.75, 3.05) is 39.2 Å². The van der Waals surface area contributed by atoms with Gasteiger partial charge in [-0.2, -0.15) is 0 Å². The highest BCUT2D eigenvalue weighted by Crippen LogP contribution is 2.47. The first-order chi connectivity index (χ1) is 15.4. The minimum atomic E-state index is 0.297. The Morgan fingerprint density at radius 3 is 2.75 bits per heavy atom. The highest BCUT2D eigenvalue weighted by atomic mass is 32.2. The molecule has 0 atom stereocenters. The van der Waals surface area contributed by atoms with Gasteiger partial charge >= 0.3 is 0 Å². The number of thioether (sulfide) groups is 2. The number of methoxy groups -OCH3 is 1. The smallest absolute Gasteiger partial charge is 0.120 e. The van der Waals surface area contributed by atoms with Crippen LogP contribution in [0.2, 0.25) is 0 Å². The third-order valence-corrected chi connectivity index (χ3v) is 7.04. The van der Waals surface area contributed by atoms with Crippen molar-refractivity contribution in [3.63, 3.8) is 0 Å². The topological polar surface area (TPSA) is 35.9 Å². The minimum Gasteiger partial charge on any atom is -0.508 e. The second-order valence-electron chi connectivity index (χ2n) is 7.66. The number of phenols is 1. The van der Waals surface area contributed by atoms with E-state index in [1.54, 1.807) is 36.7 Å². The summed E-state index contributed by atoms with van der Waals surface area (Å²) in [6, 6.07) is 11.6. The number of aryl methyl sites for hydroxylation is 1. The SMILES string of the molecule is C=C(/C=C/C=C/C=C1\Sc2cc(O)ccc2N1CCN(C)C)Sc1cc(OC)ccc1C. The quantitative estimate of drug-likeness (QED) is 0.338. The zero-order valence-electron chi connectivity index (χ0n) is 19.0. The van der Waals surface area contributed by atoms with E-state index in [1.807, 2.05) is 48.6 Å². The molecule has 0 radical (unpaired) electrons. The molecule has 0 fully saturated rings. The minimum absolute atomic E-state index is 0.297. The van der Waals surface area contributed by atoms with E-state index in [1.165, 1.54) is 5.56 Å². The van der Waals surface area contributed by atoms with E-state index < -0.39 is 0 Å². The van der Waals surface area contributed by atoms with Crippen LogP contribution in [0.1, 0.15) is 5.56 Å². The lowest BCUT2D eigenvalue weighted by atomic mass is 10.2. The van der Waals surface area contributed by atoms with Crippen molar-refractivity contribution in [3.05, 3.63) is 88.9 Å². The monoisotopic (exact) mass is 466 g/mol.